The van der Waals surface area contributed by atoms with Crippen LogP contribution in [0.5, 0.6) is 0 Å². The summed E-state index contributed by atoms with van der Waals surface area (Å²) in [6, 6.07) is 11.9. The van der Waals surface area contributed by atoms with Crippen LogP contribution in [0.25, 0.3) is 20.7 Å². The van der Waals surface area contributed by atoms with Gasteiger partial charge in [-0.3, -0.25) is 0 Å². The largest absolute Gasteiger partial charge is 0.354 e. The van der Waals surface area contributed by atoms with Gasteiger partial charge in [-0.15, -0.1) is 11.3 Å². The molecule has 0 bridgehead atoms. The second-order valence-corrected chi connectivity index (χ2v) is 8.97. The number of anilines is 1. The van der Waals surface area contributed by atoms with Crippen LogP contribution in [0, 0.1) is 6.92 Å². The number of thiophene rings is 1. The lowest BCUT2D eigenvalue weighted by Crippen LogP contribution is -2.54. The van der Waals surface area contributed by atoms with Gasteiger partial charge in [-0.25, -0.2) is 9.97 Å². The summed E-state index contributed by atoms with van der Waals surface area (Å²) in [5.74, 6) is 0.722. The second-order valence-electron chi connectivity index (χ2n) is 7.88. The Kier molecular flexibility index (Phi) is 5.90. The molecule has 0 aliphatic carbocycles. The van der Waals surface area contributed by atoms with Crippen molar-refractivity contribution in [3.05, 3.63) is 42.1 Å². The van der Waals surface area contributed by atoms with Crippen molar-refractivity contribution in [3.63, 3.8) is 0 Å². The quantitative estimate of drug-likeness (QED) is 0.614. The van der Waals surface area contributed by atoms with Crippen molar-refractivity contribution in [2.24, 2.45) is 0 Å². The third kappa shape index (κ3) is 4.51. The number of benzene rings is 1. The van der Waals surface area contributed by atoms with Crippen LogP contribution in [-0.2, 0) is 0 Å². The standard InChI is InChI=1S/C22H29N5S/c1-15-12-24-22(23-9-6-10-27-13-16(2)25-17(3)14-27)26-21(15)20-11-18-7-4-5-8-19(18)28-20/h4-5,7-8,11-12,16-17,25H,6,9-10,13-14H2,1-3H3,(H,23,24,26). The van der Waals surface area contributed by atoms with Crippen molar-refractivity contribution in [1.29, 1.82) is 0 Å². The SMILES string of the molecule is Cc1cnc(NCCCN2CC(C)NC(C)C2)nc1-c1cc2ccccc2s1. The van der Waals surface area contributed by atoms with Crippen LogP contribution in [0.15, 0.2) is 36.5 Å². The highest BCUT2D eigenvalue weighted by Crippen LogP contribution is 2.34. The number of rotatable bonds is 6. The van der Waals surface area contributed by atoms with E-state index in [4.69, 9.17) is 4.98 Å². The van der Waals surface area contributed by atoms with Crippen molar-refractivity contribution in [1.82, 2.24) is 20.2 Å². The van der Waals surface area contributed by atoms with Crippen molar-refractivity contribution < 1.29 is 0 Å². The molecular weight excluding hydrogens is 366 g/mol. The van der Waals surface area contributed by atoms with Gasteiger partial charge in [0.2, 0.25) is 5.95 Å². The van der Waals surface area contributed by atoms with Crippen molar-refractivity contribution in [3.8, 4) is 10.6 Å². The molecule has 1 aliphatic heterocycles. The molecule has 6 heteroatoms. The molecule has 0 spiro atoms. The second kappa shape index (κ2) is 8.55. The summed E-state index contributed by atoms with van der Waals surface area (Å²) in [5.41, 5.74) is 2.14. The summed E-state index contributed by atoms with van der Waals surface area (Å²) in [6.07, 6.45) is 3.02. The van der Waals surface area contributed by atoms with Crippen LogP contribution in [0.1, 0.15) is 25.8 Å². The maximum atomic E-state index is 4.81. The first-order valence-corrected chi connectivity index (χ1v) is 10.9. The minimum atomic E-state index is 0.570. The van der Waals surface area contributed by atoms with Crippen LogP contribution in [0.2, 0.25) is 0 Å². The van der Waals surface area contributed by atoms with Crippen molar-refractivity contribution in [2.45, 2.75) is 39.3 Å². The fourth-order valence-electron chi connectivity index (χ4n) is 4.00. The molecule has 0 radical (unpaired) electrons. The molecule has 4 rings (SSSR count). The van der Waals surface area contributed by atoms with Crippen molar-refractivity contribution in [2.75, 3.05) is 31.5 Å². The molecule has 2 N–H and O–H groups in total. The molecule has 1 aromatic carbocycles. The van der Waals surface area contributed by atoms with E-state index >= 15 is 0 Å². The van der Waals surface area contributed by atoms with Gasteiger partial charge in [0.1, 0.15) is 0 Å². The fraction of sp³-hybridized carbons (Fsp3) is 0.455. The van der Waals surface area contributed by atoms with Gasteiger partial charge in [-0.2, -0.15) is 0 Å². The predicted molar refractivity (Wildman–Crippen MR) is 119 cm³/mol. The Morgan fingerprint density at radius 2 is 2.00 bits per heavy atom. The third-order valence-electron chi connectivity index (χ3n) is 5.20. The normalized spacial score (nSPS) is 20.5. The predicted octanol–water partition coefficient (Wildman–Crippen LogP) is 4.15. The molecule has 5 nitrogen and oxygen atoms in total. The number of hydrogen-bond acceptors (Lipinski definition) is 6. The van der Waals surface area contributed by atoms with Gasteiger partial charge in [0.05, 0.1) is 10.6 Å². The molecule has 3 heterocycles. The first-order chi connectivity index (χ1) is 13.6. The van der Waals surface area contributed by atoms with E-state index in [0.717, 1.165) is 49.8 Å². The lowest BCUT2D eigenvalue weighted by Gasteiger charge is -2.36. The smallest absolute Gasteiger partial charge is 0.223 e. The van der Waals surface area contributed by atoms with E-state index in [2.05, 4.69) is 71.6 Å². The monoisotopic (exact) mass is 395 g/mol. The molecule has 1 saturated heterocycles. The first-order valence-electron chi connectivity index (χ1n) is 10.1. The number of fused-ring (bicyclic) bond motifs is 1. The van der Waals surface area contributed by atoms with Gasteiger partial charge < -0.3 is 15.5 Å². The number of aryl methyl sites for hydroxylation is 1. The summed E-state index contributed by atoms with van der Waals surface area (Å²) < 4.78 is 1.30. The van der Waals surface area contributed by atoms with E-state index in [1.54, 1.807) is 11.3 Å². The van der Waals surface area contributed by atoms with Gasteiger partial charge in [0, 0.05) is 42.6 Å². The maximum absolute atomic E-state index is 4.81. The number of piperazine rings is 1. The molecule has 3 aromatic rings. The van der Waals surface area contributed by atoms with Crippen LogP contribution in [0.3, 0.4) is 0 Å². The molecular formula is C22H29N5S. The van der Waals surface area contributed by atoms with Gasteiger partial charge in [-0.05, 0) is 56.8 Å². The van der Waals surface area contributed by atoms with Gasteiger partial charge in [0.15, 0.2) is 0 Å². The van der Waals surface area contributed by atoms with E-state index in [0.29, 0.717) is 12.1 Å². The molecule has 0 saturated carbocycles. The highest BCUT2D eigenvalue weighted by atomic mass is 32.1. The number of aromatic nitrogens is 2. The Balaban J connectivity index is 1.37. The minimum Gasteiger partial charge on any atom is -0.354 e. The third-order valence-corrected chi connectivity index (χ3v) is 6.32. The molecule has 2 unspecified atom stereocenters. The van der Waals surface area contributed by atoms with Crippen LogP contribution in [0.4, 0.5) is 5.95 Å². The van der Waals surface area contributed by atoms with Crippen LogP contribution in [-0.4, -0.2) is 53.1 Å². The molecule has 2 atom stereocenters. The summed E-state index contributed by atoms with van der Waals surface area (Å²) in [6.45, 7) is 10.9. The van der Waals surface area contributed by atoms with Crippen LogP contribution >= 0.6 is 11.3 Å². The average Bonchev–Trinajstić information content (AvgIpc) is 3.09. The Hall–Kier alpha value is -2.02. The zero-order valence-electron chi connectivity index (χ0n) is 16.9. The van der Waals surface area contributed by atoms with E-state index in [-0.39, 0.29) is 0 Å². The highest BCUT2D eigenvalue weighted by molar-refractivity contribution is 7.22. The van der Waals surface area contributed by atoms with Crippen molar-refractivity contribution >= 4 is 27.4 Å². The van der Waals surface area contributed by atoms with E-state index in [1.165, 1.54) is 15.0 Å². The lowest BCUT2D eigenvalue weighted by atomic mass is 10.1. The zero-order valence-corrected chi connectivity index (χ0v) is 17.7. The Bertz CT molecular complexity index is 895. The Morgan fingerprint density at radius 3 is 2.79 bits per heavy atom. The molecule has 2 aromatic heterocycles. The maximum Gasteiger partial charge on any atom is 0.223 e. The Morgan fingerprint density at radius 1 is 1.21 bits per heavy atom. The molecule has 148 valence electrons. The summed E-state index contributed by atoms with van der Waals surface area (Å²) in [5, 5.41) is 8.28. The highest BCUT2D eigenvalue weighted by Gasteiger charge is 2.20. The number of nitrogens with one attached hydrogen (secondary N) is 2. The average molecular weight is 396 g/mol. The number of nitrogens with zero attached hydrogens (tertiary/aromatic N) is 3. The summed E-state index contributed by atoms with van der Waals surface area (Å²) in [4.78, 5) is 13.0. The van der Waals surface area contributed by atoms with E-state index < -0.39 is 0 Å². The molecule has 0 amide bonds. The Labute approximate surface area is 171 Å². The van der Waals surface area contributed by atoms with Gasteiger partial charge in [0.25, 0.3) is 0 Å². The van der Waals surface area contributed by atoms with Gasteiger partial charge >= 0.3 is 0 Å². The minimum absolute atomic E-state index is 0.570. The molecule has 1 fully saturated rings. The summed E-state index contributed by atoms with van der Waals surface area (Å²) in [7, 11) is 0. The summed E-state index contributed by atoms with van der Waals surface area (Å²) >= 11 is 1.79. The topological polar surface area (TPSA) is 53.1 Å². The number of hydrogen-bond donors (Lipinski definition) is 2. The lowest BCUT2D eigenvalue weighted by molar-refractivity contribution is 0.173. The molecule has 1 aliphatic rings. The van der Waals surface area contributed by atoms with Gasteiger partial charge in [-0.1, -0.05) is 18.2 Å². The van der Waals surface area contributed by atoms with E-state index in [9.17, 15) is 0 Å². The first kappa shape index (κ1) is 19.3. The van der Waals surface area contributed by atoms with Crippen LogP contribution < -0.4 is 10.6 Å². The fourth-order valence-corrected chi connectivity index (χ4v) is 5.12. The zero-order chi connectivity index (χ0) is 19.5. The molecule has 28 heavy (non-hydrogen) atoms. The van der Waals surface area contributed by atoms with E-state index in [1.807, 2.05) is 6.20 Å².